The third-order valence-corrected chi connectivity index (χ3v) is 6.54. The van der Waals surface area contributed by atoms with E-state index in [1.807, 2.05) is 7.05 Å². The Labute approximate surface area is 152 Å². The largest absolute Gasteiger partial charge is 0.340 e. The molecule has 2 rings (SSSR count). The van der Waals surface area contributed by atoms with Crippen LogP contribution in [-0.2, 0) is 14.8 Å². The molecule has 24 heavy (non-hydrogen) atoms. The molecule has 0 radical (unpaired) electrons. The van der Waals surface area contributed by atoms with Crippen molar-refractivity contribution in [2.75, 3.05) is 39.8 Å². The normalized spacial score (nSPS) is 16.4. The molecule has 1 N–H and O–H groups in total. The third-order valence-electron chi connectivity index (χ3n) is 3.92. The van der Waals surface area contributed by atoms with Gasteiger partial charge in [0, 0.05) is 37.6 Å². The number of hydrogen-bond acceptors (Lipinski definition) is 4. The summed E-state index contributed by atoms with van der Waals surface area (Å²) in [7, 11) is -1.87. The number of benzene rings is 1. The van der Waals surface area contributed by atoms with Crippen LogP contribution in [0.15, 0.2) is 23.1 Å². The average molecular weight is 394 g/mol. The van der Waals surface area contributed by atoms with Crippen molar-refractivity contribution in [3.8, 4) is 0 Å². The van der Waals surface area contributed by atoms with Crippen molar-refractivity contribution in [2.45, 2.75) is 17.7 Å². The molecule has 1 aromatic rings. The van der Waals surface area contributed by atoms with Gasteiger partial charge in [0.05, 0.1) is 5.02 Å². The molecule has 0 aromatic heterocycles. The van der Waals surface area contributed by atoms with Gasteiger partial charge in [-0.1, -0.05) is 23.2 Å². The van der Waals surface area contributed by atoms with Gasteiger partial charge >= 0.3 is 0 Å². The summed E-state index contributed by atoms with van der Waals surface area (Å²) < 4.78 is 26.8. The van der Waals surface area contributed by atoms with Gasteiger partial charge in [-0.2, -0.15) is 4.31 Å². The van der Waals surface area contributed by atoms with Gasteiger partial charge in [-0.15, -0.1) is 0 Å². The summed E-state index contributed by atoms with van der Waals surface area (Å²) in [5.74, 6) is 0.0584. The van der Waals surface area contributed by atoms with E-state index in [9.17, 15) is 13.2 Å². The summed E-state index contributed by atoms with van der Waals surface area (Å²) in [6, 6.07) is 4.37. The minimum Gasteiger partial charge on any atom is -0.340 e. The van der Waals surface area contributed by atoms with Crippen LogP contribution in [0.4, 0.5) is 0 Å². The lowest BCUT2D eigenvalue weighted by atomic mass is 10.2. The van der Waals surface area contributed by atoms with E-state index in [0.29, 0.717) is 24.5 Å². The highest BCUT2D eigenvalue weighted by Crippen LogP contribution is 2.28. The summed E-state index contributed by atoms with van der Waals surface area (Å²) >= 11 is 11.9. The number of piperazine rings is 1. The zero-order chi connectivity index (χ0) is 17.7. The lowest BCUT2D eigenvalue weighted by Crippen LogP contribution is -2.50. The number of nitrogens with zero attached hydrogens (tertiary/aromatic N) is 2. The molecule has 9 heteroatoms. The number of amides is 1. The van der Waals surface area contributed by atoms with Crippen LogP contribution in [0.3, 0.4) is 0 Å². The average Bonchev–Trinajstić information content (AvgIpc) is 2.57. The highest BCUT2D eigenvalue weighted by Gasteiger charge is 2.31. The van der Waals surface area contributed by atoms with Crippen molar-refractivity contribution in [2.24, 2.45) is 0 Å². The van der Waals surface area contributed by atoms with E-state index in [1.54, 1.807) is 11.0 Å². The Morgan fingerprint density at radius 3 is 2.50 bits per heavy atom. The topological polar surface area (TPSA) is 69.7 Å². The highest BCUT2D eigenvalue weighted by molar-refractivity contribution is 7.89. The van der Waals surface area contributed by atoms with E-state index in [-0.39, 0.29) is 28.9 Å². The Hall–Kier alpha value is -0.860. The van der Waals surface area contributed by atoms with Gasteiger partial charge in [-0.05, 0) is 38.2 Å². The predicted octanol–water partition coefficient (Wildman–Crippen LogP) is 1.83. The summed E-state index contributed by atoms with van der Waals surface area (Å²) in [5, 5.41) is 3.46. The fraction of sp³-hybridized carbons (Fsp3) is 0.533. The maximum Gasteiger partial charge on any atom is 0.244 e. The molecule has 1 heterocycles. The molecule has 0 unspecified atom stereocenters. The number of halogens is 2. The number of carbonyl (C=O) groups is 1. The van der Waals surface area contributed by atoms with E-state index in [0.717, 1.165) is 13.0 Å². The predicted molar refractivity (Wildman–Crippen MR) is 95.0 cm³/mol. The fourth-order valence-corrected chi connectivity index (χ4v) is 4.73. The second kappa shape index (κ2) is 8.49. The Balaban J connectivity index is 2.01. The molecule has 134 valence electrons. The van der Waals surface area contributed by atoms with Gasteiger partial charge in [-0.3, -0.25) is 4.79 Å². The van der Waals surface area contributed by atoms with Crippen LogP contribution < -0.4 is 5.32 Å². The van der Waals surface area contributed by atoms with Crippen LogP contribution in [0.25, 0.3) is 0 Å². The molecule has 1 amide bonds. The molecule has 0 spiro atoms. The summed E-state index contributed by atoms with van der Waals surface area (Å²) in [6.45, 7) is 2.06. The Kier molecular flexibility index (Phi) is 6.88. The standard InChI is InChI=1S/C15H21Cl2N3O3S/c1-18-6-2-3-15(21)19-7-9-20(10-8-19)24(22,23)14-11-12(16)4-5-13(14)17/h4-5,11,18H,2-3,6-10H2,1H3. The Morgan fingerprint density at radius 2 is 1.88 bits per heavy atom. The van der Waals surface area contributed by atoms with Crippen LogP contribution in [0.5, 0.6) is 0 Å². The van der Waals surface area contributed by atoms with Crippen LogP contribution in [0.1, 0.15) is 12.8 Å². The van der Waals surface area contributed by atoms with Crippen LogP contribution >= 0.6 is 23.2 Å². The number of carbonyl (C=O) groups excluding carboxylic acids is 1. The Bertz CT molecular complexity index is 689. The Morgan fingerprint density at radius 1 is 1.21 bits per heavy atom. The minimum absolute atomic E-state index is 0.00506. The molecule has 1 aliphatic rings. The second-order valence-electron chi connectivity index (χ2n) is 5.57. The molecule has 1 aromatic carbocycles. The third kappa shape index (κ3) is 4.61. The van der Waals surface area contributed by atoms with E-state index in [2.05, 4.69) is 5.32 Å². The van der Waals surface area contributed by atoms with Gasteiger partial charge < -0.3 is 10.2 Å². The van der Waals surface area contributed by atoms with E-state index < -0.39 is 10.0 Å². The van der Waals surface area contributed by atoms with Gasteiger partial charge in [0.15, 0.2) is 0 Å². The molecule has 0 bridgehead atoms. The first-order valence-corrected chi connectivity index (χ1v) is 9.93. The highest BCUT2D eigenvalue weighted by atomic mass is 35.5. The molecule has 0 saturated carbocycles. The number of nitrogens with one attached hydrogen (secondary N) is 1. The summed E-state index contributed by atoms with van der Waals surface area (Å²) in [4.78, 5) is 13.8. The van der Waals surface area contributed by atoms with E-state index in [1.165, 1.54) is 16.4 Å². The number of hydrogen-bond donors (Lipinski definition) is 1. The molecule has 1 aliphatic heterocycles. The van der Waals surface area contributed by atoms with Crippen molar-refractivity contribution < 1.29 is 13.2 Å². The lowest BCUT2D eigenvalue weighted by molar-refractivity contribution is -0.132. The first kappa shape index (κ1) is 19.5. The van der Waals surface area contributed by atoms with Crippen molar-refractivity contribution >= 4 is 39.1 Å². The molecular formula is C15H21Cl2N3O3S. The zero-order valence-corrected chi connectivity index (χ0v) is 15.8. The van der Waals surface area contributed by atoms with Gasteiger partial charge in [0.25, 0.3) is 0 Å². The fourth-order valence-electron chi connectivity index (χ4n) is 2.57. The molecule has 0 aliphatic carbocycles. The van der Waals surface area contributed by atoms with E-state index in [4.69, 9.17) is 23.2 Å². The van der Waals surface area contributed by atoms with Gasteiger partial charge in [0.2, 0.25) is 15.9 Å². The second-order valence-corrected chi connectivity index (χ2v) is 8.32. The molecule has 1 saturated heterocycles. The zero-order valence-electron chi connectivity index (χ0n) is 13.5. The summed E-state index contributed by atoms with van der Waals surface area (Å²) in [6.07, 6.45) is 1.24. The molecule has 0 atom stereocenters. The smallest absolute Gasteiger partial charge is 0.244 e. The first-order valence-electron chi connectivity index (χ1n) is 7.74. The SMILES string of the molecule is CNCCCC(=O)N1CCN(S(=O)(=O)c2cc(Cl)ccc2Cl)CC1. The monoisotopic (exact) mass is 393 g/mol. The van der Waals surface area contributed by atoms with Crippen molar-refractivity contribution in [1.29, 1.82) is 0 Å². The van der Waals surface area contributed by atoms with Gasteiger partial charge in [0.1, 0.15) is 4.90 Å². The van der Waals surface area contributed by atoms with Crippen molar-refractivity contribution in [3.63, 3.8) is 0 Å². The number of rotatable bonds is 6. The van der Waals surface area contributed by atoms with Gasteiger partial charge in [-0.25, -0.2) is 8.42 Å². The number of sulfonamides is 1. The summed E-state index contributed by atoms with van der Waals surface area (Å²) in [5.41, 5.74) is 0. The van der Waals surface area contributed by atoms with Crippen molar-refractivity contribution in [1.82, 2.24) is 14.5 Å². The van der Waals surface area contributed by atoms with Crippen LogP contribution in [0.2, 0.25) is 10.0 Å². The minimum atomic E-state index is -3.72. The molecule has 1 fully saturated rings. The molecule has 6 nitrogen and oxygen atoms in total. The maximum absolute atomic E-state index is 12.7. The molecular weight excluding hydrogens is 373 g/mol. The quantitative estimate of drug-likeness (QED) is 0.748. The van der Waals surface area contributed by atoms with E-state index >= 15 is 0 Å². The van der Waals surface area contributed by atoms with Crippen LogP contribution in [-0.4, -0.2) is 63.3 Å². The van der Waals surface area contributed by atoms with Crippen LogP contribution in [0, 0.1) is 0 Å². The lowest BCUT2D eigenvalue weighted by Gasteiger charge is -2.34. The first-order chi connectivity index (χ1) is 11.4. The van der Waals surface area contributed by atoms with Crippen molar-refractivity contribution in [3.05, 3.63) is 28.2 Å². The maximum atomic E-state index is 12.7.